The Labute approximate surface area is 79.3 Å². The van der Waals surface area contributed by atoms with E-state index in [1.807, 2.05) is 0 Å². The third-order valence-corrected chi connectivity index (χ3v) is 1.65. The van der Waals surface area contributed by atoms with Gasteiger partial charge < -0.3 is 10.3 Å². The van der Waals surface area contributed by atoms with Crippen molar-refractivity contribution in [2.24, 2.45) is 5.16 Å². The van der Waals surface area contributed by atoms with Crippen LogP contribution < -0.4 is 0 Å². The molecule has 0 radical (unpaired) electrons. The molecule has 1 aromatic carbocycles. The van der Waals surface area contributed by atoms with Crippen molar-refractivity contribution in [3.05, 3.63) is 35.6 Å². The van der Waals surface area contributed by atoms with E-state index >= 15 is 0 Å². The molecule has 0 aliphatic carbocycles. The molecular weight excluding hydrogens is 189 g/mol. The van der Waals surface area contributed by atoms with Crippen molar-refractivity contribution in [3.63, 3.8) is 0 Å². The van der Waals surface area contributed by atoms with Crippen molar-refractivity contribution < 1.29 is 19.5 Å². The number of rotatable bonds is 3. The van der Waals surface area contributed by atoms with E-state index in [2.05, 4.69) is 5.16 Å². The van der Waals surface area contributed by atoms with E-state index in [0.717, 1.165) is 0 Å². The normalized spacial score (nSPS) is 11.4. The Kier molecular flexibility index (Phi) is 3.17. The number of hydrogen-bond donors (Lipinski definition) is 2. The lowest BCUT2D eigenvalue weighted by atomic mass is 10.1. The highest BCUT2D eigenvalue weighted by molar-refractivity contribution is 6.35. The lowest BCUT2D eigenvalue weighted by Gasteiger charge is -1.99. The Morgan fingerprint density at radius 2 is 1.93 bits per heavy atom. The third kappa shape index (κ3) is 2.55. The zero-order chi connectivity index (χ0) is 10.6. The van der Waals surface area contributed by atoms with Crippen molar-refractivity contribution in [3.8, 4) is 0 Å². The highest BCUT2D eigenvalue weighted by Crippen LogP contribution is 2.04. The standard InChI is InChI=1S/C9H8FNO3/c10-7-3-1-6(2-4-7)5-8(11-14)9(12)13/h1-4,14H,5H2,(H,12,13)/b11-8+. The Hall–Kier alpha value is -1.91. The molecule has 0 heterocycles. The minimum absolute atomic E-state index is 0.0356. The summed E-state index contributed by atoms with van der Waals surface area (Å²) >= 11 is 0. The number of carboxylic acids is 1. The summed E-state index contributed by atoms with van der Waals surface area (Å²) in [4.78, 5) is 10.4. The maximum Gasteiger partial charge on any atom is 0.354 e. The summed E-state index contributed by atoms with van der Waals surface area (Å²) < 4.78 is 12.5. The predicted molar refractivity (Wildman–Crippen MR) is 47.0 cm³/mol. The molecule has 2 N–H and O–H groups in total. The van der Waals surface area contributed by atoms with Gasteiger partial charge in [0, 0.05) is 6.42 Å². The number of carboxylic acid groups (broad SMARTS) is 1. The molecule has 0 amide bonds. The van der Waals surface area contributed by atoms with Crippen LogP contribution in [0.15, 0.2) is 29.4 Å². The van der Waals surface area contributed by atoms with E-state index in [4.69, 9.17) is 10.3 Å². The van der Waals surface area contributed by atoms with E-state index < -0.39 is 11.8 Å². The predicted octanol–water partition coefficient (Wildman–Crippen LogP) is 1.28. The summed E-state index contributed by atoms with van der Waals surface area (Å²) in [6.07, 6.45) is -0.0356. The molecule has 74 valence electrons. The zero-order valence-corrected chi connectivity index (χ0v) is 7.14. The van der Waals surface area contributed by atoms with Gasteiger partial charge in [0.05, 0.1) is 0 Å². The number of benzene rings is 1. The molecule has 1 aromatic rings. The summed E-state index contributed by atoms with van der Waals surface area (Å²) in [7, 11) is 0. The van der Waals surface area contributed by atoms with Crippen LogP contribution >= 0.6 is 0 Å². The Morgan fingerprint density at radius 1 is 1.36 bits per heavy atom. The molecule has 0 aliphatic heterocycles. The fourth-order valence-corrected chi connectivity index (χ4v) is 0.949. The number of carbonyl (C=O) groups is 1. The van der Waals surface area contributed by atoms with Gasteiger partial charge >= 0.3 is 5.97 Å². The fraction of sp³-hybridized carbons (Fsp3) is 0.111. The SMILES string of the molecule is O=C(O)/C(Cc1ccc(F)cc1)=N/O. The van der Waals surface area contributed by atoms with Crippen LogP contribution in [-0.2, 0) is 11.2 Å². The van der Waals surface area contributed by atoms with Gasteiger partial charge in [-0.15, -0.1) is 0 Å². The smallest absolute Gasteiger partial charge is 0.354 e. The molecule has 0 saturated carbocycles. The minimum Gasteiger partial charge on any atom is -0.477 e. The van der Waals surface area contributed by atoms with E-state index in [1.165, 1.54) is 24.3 Å². The number of nitrogens with zero attached hydrogens (tertiary/aromatic N) is 1. The first-order chi connectivity index (χ1) is 6.63. The van der Waals surface area contributed by atoms with Gasteiger partial charge in [0.1, 0.15) is 5.82 Å². The van der Waals surface area contributed by atoms with Crippen LogP contribution in [0.4, 0.5) is 4.39 Å². The van der Waals surface area contributed by atoms with E-state index in [1.54, 1.807) is 0 Å². The molecule has 0 bridgehead atoms. The van der Waals surface area contributed by atoms with Gasteiger partial charge in [-0.1, -0.05) is 17.3 Å². The van der Waals surface area contributed by atoms with Crippen LogP contribution in [-0.4, -0.2) is 22.0 Å². The molecule has 0 saturated heterocycles. The van der Waals surface area contributed by atoms with Gasteiger partial charge in [-0.05, 0) is 17.7 Å². The maximum atomic E-state index is 12.5. The summed E-state index contributed by atoms with van der Waals surface area (Å²) in [5.74, 6) is -1.69. The molecule has 0 spiro atoms. The van der Waals surface area contributed by atoms with Crippen molar-refractivity contribution in [2.45, 2.75) is 6.42 Å². The molecule has 14 heavy (non-hydrogen) atoms. The van der Waals surface area contributed by atoms with Crippen LogP contribution in [0.1, 0.15) is 5.56 Å². The molecule has 0 aliphatic rings. The first-order valence-electron chi connectivity index (χ1n) is 3.82. The van der Waals surface area contributed by atoms with Crippen molar-refractivity contribution in [2.75, 3.05) is 0 Å². The maximum absolute atomic E-state index is 12.5. The summed E-state index contributed by atoms with van der Waals surface area (Å²) in [5.41, 5.74) is 0.193. The number of aliphatic carboxylic acids is 1. The van der Waals surface area contributed by atoms with Gasteiger partial charge in [-0.3, -0.25) is 0 Å². The number of oxime groups is 1. The van der Waals surface area contributed by atoms with Crippen LogP contribution in [0, 0.1) is 5.82 Å². The van der Waals surface area contributed by atoms with Crippen molar-refractivity contribution in [1.82, 2.24) is 0 Å². The quantitative estimate of drug-likeness (QED) is 0.435. The molecule has 0 aromatic heterocycles. The first kappa shape index (κ1) is 10.2. The first-order valence-corrected chi connectivity index (χ1v) is 3.82. The van der Waals surface area contributed by atoms with Crippen molar-refractivity contribution in [1.29, 1.82) is 0 Å². The van der Waals surface area contributed by atoms with Gasteiger partial charge in [0.2, 0.25) is 0 Å². The Morgan fingerprint density at radius 3 is 2.36 bits per heavy atom. The number of halogens is 1. The topological polar surface area (TPSA) is 69.9 Å². The number of hydrogen-bond acceptors (Lipinski definition) is 3. The molecule has 1 rings (SSSR count). The van der Waals surface area contributed by atoms with Crippen LogP contribution in [0.5, 0.6) is 0 Å². The summed E-state index contributed by atoms with van der Waals surface area (Å²) in [5, 5.41) is 19.5. The molecule has 4 nitrogen and oxygen atoms in total. The Balaban J connectivity index is 2.78. The second-order valence-electron chi connectivity index (χ2n) is 2.66. The van der Waals surface area contributed by atoms with Crippen molar-refractivity contribution >= 4 is 11.7 Å². The lowest BCUT2D eigenvalue weighted by Crippen LogP contribution is -2.15. The highest BCUT2D eigenvalue weighted by Gasteiger charge is 2.10. The van der Waals surface area contributed by atoms with Crippen LogP contribution in [0.2, 0.25) is 0 Å². The minimum atomic E-state index is -1.29. The monoisotopic (exact) mass is 197 g/mol. The second-order valence-corrected chi connectivity index (χ2v) is 2.66. The van der Waals surface area contributed by atoms with E-state index in [0.29, 0.717) is 5.56 Å². The molecular formula is C9H8FNO3. The summed E-state index contributed by atoms with van der Waals surface area (Å²) in [6, 6.07) is 5.30. The highest BCUT2D eigenvalue weighted by atomic mass is 19.1. The molecule has 5 heteroatoms. The van der Waals surface area contributed by atoms with Gasteiger partial charge in [-0.25, -0.2) is 9.18 Å². The second kappa shape index (κ2) is 4.36. The largest absolute Gasteiger partial charge is 0.477 e. The van der Waals surface area contributed by atoms with E-state index in [9.17, 15) is 9.18 Å². The molecule has 0 fully saturated rings. The summed E-state index contributed by atoms with van der Waals surface area (Å²) in [6.45, 7) is 0. The molecule has 0 atom stereocenters. The fourth-order valence-electron chi connectivity index (χ4n) is 0.949. The Bertz CT molecular complexity index is 359. The average molecular weight is 197 g/mol. The molecule has 0 unspecified atom stereocenters. The lowest BCUT2D eigenvalue weighted by molar-refractivity contribution is -0.129. The average Bonchev–Trinajstić information content (AvgIpc) is 2.16. The van der Waals surface area contributed by atoms with Gasteiger partial charge in [-0.2, -0.15) is 0 Å². The van der Waals surface area contributed by atoms with Gasteiger partial charge in [0.15, 0.2) is 5.71 Å². The van der Waals surface area contributed by atoms with Gasteiger partial charge in [0.25, 0.3) is 0 Å². The van der Waals surface area contributed by atoms with Crippen LogP contribution in [0.25, 0.3) is 0 Å². The van der Waals surface area contributed by atoms with E-state index in [-0.39, 0.29) is 12.1 Å². The van der Waals surface area contributed by atoms with Crippen LogP contribution in [0.3, 0.4) is 0 Å². The zero-order valence-electron chi connectivity index (χ0n) is 7.14. The third-order valence-electron chi connectivity index (χ3n) is 1.65.